The summed E-state index contributed by atoms with van der Waals surface area (Å²) in [6.45, 7) is 13.0. The summed E-state index contributed by atoms with van der Waals surface area (Å²) in [4.78, 5) is 4.02. The molecule has 1 aromatic carbocycles. The van der Waals surface area contributed by atoms with Gasteiger partial charge in [-0.25, -0.2) is 4.68 Å². The Morgan fingerprint density at radius 2 is 1.69 bits per heavy atom. The van der Waals surface area contributed by atoms with Crippen LogP contribution in [0.2, 0.25) is 0 Å². The highest BCUT2D eigenvalue weighted by Gasteiger charge is 2.35. The van der Waals surface area contributed by atoms with Crippen molar-refractivity contribution < 1.29 is 9.64 Å². The van der Waals surface area contributed by atoms with Crippen LogP contribution in [0.5, 0.6) is 5.75 Å². The summed E-state index contributed by atoms with van der Waals surface area (Å²) in [5.74, 6) is 2.40. The Morgan fingerprint density at radius 1 is 1.04 bits per heavy atom. The number of quaternary nitrogens is 1. The van der Waals surface area contributed by atoms with E-state index in [1.54, 1.807) is 12.0 Å². The normalized spacial score (nSPS) is 17.1. The Labute approximate surface area is 155 Å². The molecule has 1 saturated heterocycles. The smallest absolute Gasteiger partial charge is 0.209 e. The van der Waals surface area contributed by atoms with Crippen LogP contribution in [-0.4, -0.2) is 53.5 Å². The number of piperazine rings is 1. The Kier molecular flexibility index (Phi) is 5.76. The highest BCUT2D eigenvalue weighted by atomic mass is 16.5. The second-order valence-corrected chi connectivity index (χ2v) is 7.64. The molecule has 26 heavy (non-hydrogen) atoms. The molecule has 3 rings (SSSR count). The summed E-state index contributed by atoms with van der Waals surface area (Å²) in [7, 11) is 1.70. The molecule has 0 unspecified atom stereocenters. The molecule has 0 spiro atoms. The SMILES string of the molecule is COc1ccc(N2CC[NH+]([C@@H](c3nnnn3C(C)C)C(C)C)CC2)cc1. The Hall–Kier alpha value is -2.15. The van der Waals surface area contributed by atoms with Crippen LogP contribution in [-0.2, 0) is 0 Å². The molecule has 0 bridgehead atoms. The zero-order valence-corrected chi connectivity index (χ0v) is 16.5. The van der Waals surface area contributed by atoms with Crippen LogP contribution >= 0.6 is 0 Å². The van der Waals surface area contributed by atoms with Crippen molar-refractivity contribution in [2.75, 3.05) is 38.2 Å². The van der Waals surface area contributed by atoms with Gasteiger partial charge in [0.25, 0.3) is 0 Å². The van der Waals surface area contributed by atoms with Crippen LogP contribution in [0.15, 0.2) is 24.3 Å². The highest BCUT2D eigenvalue weighted by Crippen LogP contribution is 2.21. The Bertz CT molecular complexity index is 688. The molecule has 1 aliphatic rings. The average Bonchev–Trinajstić information content (AvgIpc) is 3.12. The lowest BCUT2D eigenvalue weighted by atomic mass is 10.0. The zero-order valence-electron chi connectivity index (χ0n) is 16.5. The number of ether oxygens (including phenoxy) is 1. The van der Waals surface area contributed by atoms with Crippen LogP contribution in [0, 0.1) is 5.92 Å². The van der Waals surface area contributed by atoms with Gasteiger partial charge < -0.3 is 14.5 Å². The van der Waals surface area contributed by atoms with E-state index in [1.807, 2.05) is 16.8 Å². The third-order valence-corrected chi connectivity index (χ3v) is 5.24. The van der Waals surface area contributed by atoms with Crippen molar-refractivity contribution in [3.05, 3.63) is 30.1 Å². The molecule has 1 fully saturated rings. The van der Waals surface area contributed by atoms with Crippen molar-refractivity contribution in [2.24, 2.45) is 5.92 Å². The van der Waals surface area contributed by atoms with Gasteiger partial charge in [-0.05, 0) is 48.5 Å². The summed E-state index contributed by atoms with van der Waals surface area (Å²) in [6.07, 6.45) is 0. The van der Waals surface area contributed by atoms with E-state index < -0.39 is 0 Å². The number of nitrogens with one attached hydrogen (secondary N) is 1. The minimum absolute atomic E-state index is 0.279. The van der Waals surface area contributed by atoms with Crippen molar-refractivity contribution >= 4 is 5.69 Å². The summed E-state index contributed by atoms with van der Waals surface area (Å²) in [5, 5.41) is 12.5. The predicted molar refractivity (Wildman–Crippen MR) is 102 cm³/mol. The number of tetrazole rings is 1. The number of aromatic nitrogens is 4. The molecule has 0 radical (unpaired) electrons. The van der Waals surface area contributed by atoms with Crippen molar-refractivity contribution in [1.29, 1.82) is 0 Å². The Balaban J connectivity index is 1.71. The van der Waals surface area contributed by atoms with E-state index in [2.05, 4.69) is 60.3 Å². The maximum absolute atomic E-state index is 5.26. The number of methoxy groups -OCH3 is 1. The molecule has 142 valence electrons. The molecule has 0 aliphatic carbocycles. The van der Waals surface area contributed by atoms with Gasteiger partial charge in [0.05, 0.1) is 39.3 Å². The van der Waals surface area contributed by atoms with Gasteiger partial charge >= 0.3 is 0 Å². The molecule has 1 aliphatic heterocycles. The molecule has 2 aromatic rings. The van der Waals surface area contributed by atoms with Crippen molar-refractivity contribution in [3.8, 4) is 5.75 Å². The van der Waals surface area contributed by atoms with Gasteiger partial charge in [-0.2, -0.15) is 0 Å². The molecule has 7 heteroatoms. The summed E-state index contributed by atoms with van der Waals surface area (Å²) >= 11 is 0. The lowest BCUT2D eigenvalue weighted by molar-refractivity contribution is -0.937. The highest BCUT2D eigenvalue weighted by molar-refractivity contribution is 5.49. The number of nitrogens with zero attached hydrogens (tertiary/aromatic N) is 5. The minimum atomic E-state index is 0.279. The molecule has 0 amide bonds. The third kappa shape index (κ3) is 3.82. The van der Waals surface area contributed by atoms with Crippen molar-refractivity contribution in [3.63, 3.8) is 0 Å². The van der Waals surface area contributed by atoms with E-state index in [4.69, 9.17) is 4.74 Å². The van der Waals surface area contributed by atoms with Crippen molar-refractivity contribution in [1.82, 2.24) is 20.2 Å². The summed E-state index contributed by atoms with van der Waals surface area (Å²) < 4.78 is 7.24. The topological polar surface area (TPSA) is 60.5 Å². The lowest BCUT2D eigenvalue weighted by Crippen LogP contribution is -3.15. The summed E-state index contributed by atoms with van der Waals surface area (Å²) in [5.41, 5.74) is 1.26. The maximum Gasteiger partial charge on any atom is 0.209 e. The number of benzene rings is 1. The number of anilines is 1. The average molecular weight is 359 g/mol. The molecule has 2 heterocycles. The predicted octanol–water partition coefficient (Wildman–Crippen LogP) is 1.36. The first-order chi connectivity index (χ1) is 12.5. The third-order valence-electron chi connectivity index (χ3n) is 5.24. The first-order valence-electron chi connectivity index (χ1n) is 9.52. The van der Waals surface area contributed by atoms with E-state index in [0.717, 1.165) is 37.8 Å². The fourth-order valence-corrected chi connectivity index (χ4v) is 3.88. The zero-order chi connectivity index (χ0) is 18.7. The molecule has 0 saturated carbocycles. The molecule has 1 N–H and O–H groups in total. The first-order valence-corrected chi connectivity index (χ1v) is 9.52. The minimum Gasteiger partial charge on any atom is -0.497 e. The van der Waals surface area contributed by atoms with Crippen LogP contribution in [0.3, 0.4) is 0 Å². The van der Waals surface area contributed by atoms with E-state index in [-0.39, 0.29) is 6.04 Å². The number of hydrogen-bond acceptors (Lipinski definition) is 5. The van der Waals surface area contributed by atoms with E-state index >= 15 is 0 Å². The van der Waals surface area contributed by atoms with Gasteiger partial charge in [-0.1, -0.05) is 13.8 Å². The standard InChI is InChI=1S/C19H30N6O/c1-14(2)18(19-20-21-22-25(19)15(3)4)24-12-10-23(11-13-24)16-6-8-17(26-5)9-7-16/h6-9,14-15,18H,10-13H2,1-5H3/p+1/t18-/m1/s1. The molecular formula is C19H31N6O+. The fraction of sp³-hybridized carbons (Fsp3) is 0.632. The van der Waals surface area contributed by atoms with Gasteiger partial charge in [0.1, 0.15) is 5.75 Å². The lowest BCUT2D eigenvalue weighted by Gasteiger charge is -2.38. The van der Waals surface area contributed by atoms with Crippen LogP contribution in [0.25, 0.3) is 0 Å². The van der Waals surface area contributed by atoms with Gasteiger partial charge in [0.2, 0.25) is 5.82 Å². The van der Waals surface area contributed by atoms with Crippen LogP contribution in [0.1, 0.15) is 45.6 Å². The van der Waals surface area contributed by atoms with Crippen LogP contribution < -0.4 is 14.5 Å². The largest absolute Gasteiger partial charge is 0.497 e. The van der Waals surface area contributed by atoms with Gasteiger partial charge in [0, 0.05) is 11.6 Å². The molecular weight excluding hydrogens is 328 g/mol. The van der Waals surface area contributed by atoms with E-state index in [9.17, 15) is 0 Å². The second kappa shape index (κ2) is 8.03. The van der Waals surface area contributed by atoms with E-state index in [1.165, 1.54) is 5.69 Å². The Morgan fingerprint density at radius 3 is 2.23 bits per heavy atom. The van der Waals surface area contributed by atoms with Gasteiger partial charge in [-0.3, -0.25) is 0 Å². The molecule has 7 nitrogen and oxygen atoms in total. The fourth-order valence-electron chi connectivity index (χ4n) is 3.88. The first kappa shape index (κ1) is 18.6. The molecule has 1 atom stereocenters. The van der Waals surface area contributed by atoms with E-state index in [0.29, 0.717) is 12.0 Å². The number of hydrogen-bond donors (Lipinski definition) is 1. The second-order valence-electron chi connectivity index (χ2n) is 7.64. The quantitative estimate of drug-likeness (QED) is 0.844. The maximum atomic E-state index is 5.26. The van der Waals surface area contributed by atoms with Crippen LogP contribution in [0.4, 0.5) is 5.69 Å². The monoisotopic (exact) mass is 359 g/mol. The number of rotatable bonds is 6. The van der Waals surface area contributed by atoms with Crippen molar-refractivity contribution in [2.45, 2.75) is 39.8 Å². The molecule has 1 aromatic heterocycles. The van der Waals surface area contributed by atoms with Gasteiger partial charge in [0.15, 0.2) is 6.04 Å². The van der Waals surface area contributed by atoms with Gasteiger partial charge in [-0.15, -0.1) is 5.10 Å². The summed E-state index contributed by atoms with van der Waals surface area (Å²) in [6, 6.07) is 8.95.